The predicted octanol–water partition coefficient (Wildman–Crippen LogP) is 5.77. The summed E-state index contributed by atoms with van der Waals surface area (Å²) in [5.74, 6) is 0.738. The van der Waals surface area contributed by atoms with Gasteiger partial charge in [0.25, 0.3) is 6.10 Å². The number of likely N-dealkylation sites (tertiary alicyclic amines) is 2. The van der Waals surface area contributed by atoms with Crippen LogP contribution in [0.2, 0.25) is 0 Å². The van der Waals surface area contributed by atoms with Crippen molar-refractivity contribution in [2.75, 3.05) is 39.5 Å². The predicted molar refractivity (Wildman–Crippen MR) is 113 cm³/mol. The molecule has 1 amide bonds. The third-order valence-corrected chi connectivity index (χ3v) is 7.15. The standard InChI is InChI=1S/C23H31F7N2O3/c1-16-4-6-20(2,14-17(16)34-13-9-24)15-32-10-3-5-21(32)7-11-31(12-8-21)19(33)35-18(22(25,26)27)23(28,29)30/h4,6,18H,3,5,7-15H2,1-2H3. The third kappa shape index (κ3) is 6.42. The third-order valence-electron chi connectivity index (χ3n) is 7.15. The van der Waals surface area contributed by atoms with Crippen molar-refractivity contribution in [2.24, 2.45) is 5.41 Å². The van der Waals surface area contributed by atoms with E-state index in [4.69, 9.17) is 4.74 Å². The molecule has 2 fully saturated rings. The van der Waals surface area contributed by atoms with Crippen molar-refractivity contribution in [3.63, 3.8) is 0 Å². The van der Waals surface area contributed by atoms with E-state index in [0.717, 1.165) is 35.6 Å². The van der Waals surface area contributed by atoms with Gasteiger partial charge in [-0.15, -0.1) is 0 Å². The lowest BCUT2D eigenvalue weighted by atomic mass is 9.78. The lowest BCUT2D eigenvalue weighted by molar-refractivity contribution is -0.308. The first kappa shape index (κ1) is 27.6. The summed E-state index contributed by atoms with van der Waals surface area (Å²) in [4.78, 5) is 15.4. The number of piperidine rings is 1. The summed E-state index contributed by atoms with van der Waals surface area (Å²) in [6, 6.07) is 0. The van der Waals surface area contributed by atoms with Gasteiger partial charge in [-0.3, -0.25) is 4.90 Å². The molecular weight excluding hydrogens is 485 g/mol. The molecule has 0 aromatic rings. The molecule has 5 nitrogen and oxygen atoms in total. The number of hydrogen-bond donors (Lipinski definition) is 0. The molecule has 1 spiro atoms. The summed E-state index contributed by atoms with van der Waals surface area (Å²) in [6.45, 7) is 4.84. The van der Waals surface area contributed by atoms with Crippen molar-refractivity contribution in [3.8, 4) is 0 Å². The van der Waals surface area contributed by atoms with Crippen LogP contribution in [0.15, 0.2) is 23.5 Å². The molecule has 0 aromatic carbocycles. The molecule has 1 atom stereocenters. The van der Waals surface area contributed by atoms with Crippen molar-refractivity contribution >= 4 is 6.09 Å². The highest BCUT2D eigenvalue weighted by Crippen LogP contribution is 2.44. The van der Waals surface area contributed by atoms with Crippen LogP contribution in [0, 0.1) is 5.41 Å². The molecule has 35 heavy (non-hydrogen) atoms. The number of carbonyl (C=O) groups is 1. The van der Waals surface area contributed by atoms with Crippen LogP contribution in [0.25, 0.3) is 0 Å². The summed E-state index contributed by atoms with van der Waals surface area (Å²) in [6.07, 6.45) is -10.0. The second-order valence-electron chi connectivity index (χ2n) is 9.89. The molecule has 3 rings (SSSR count). The monoisotopic (exact) mass is 516 g/mol. The van der Waals surface area contributed by atoms with Crippen LogP contribution in [-0.2, 0) is 9.47 Å². The summed E-state index contributed by atoms with van der Waals surface area (Å²) in [7, 11) is 0. The number of hydrogen-bond acceptors (Lipinski definition) is 4. The van der Waals surface area contributed by atoms with Gasteiger partial charge >= 0.3 is 18.4 Å². The van der Waals surface area contributed by atoms with E-state index >= 15 is 0 Å². The maximum atomic E-state index is 12.8. The molecule has 3 aliphatic rings. The van der Waals surface area contributed by atoms with Crippen molar-refractivity contribution in [1.82, 2.24) is 9.80 Å². The van der Waals surface area contributed by atoms with E-state index in [1.165, 1.54) is 0 Å². The van der Waals surface area contributed by atoms with Gasteiger partial charge in [0, 0.05) is 37.0 Å². The molecule has 12 heteroatoms. The fraction of sp³-hybridized carbons (Fsp3) is 0.783. The van der Waals surface area contributed by atoms with E-state index in [2.05, 4.69) is 22.6 Å². The topological polar surface area (TPSA) is 42.0 Å². The SMILES string of the molecule is CC1=C(OCCF)CC(C)(CN2CCCC23CCN(C(=O)OC(C(F)(F)F)C(F)(F)F)CC3)C=C1. The molecule has 1 unspecified atom stereocenters. The lowest BCUT2D eigenvalue weighted by Crippen LogP contribution is -2.56. The number of alkyl halides is 7. The molecule has 0 bridgehead atoms. The fourth-order valence-corrected chi connectivity index (χ4v) is 5.26. The smallest absolute Gasteiger partial charge is 0.434 e. The van der Waals surface area contributed by atoms with Crippen LogP contribution in [-0.4, -0.2) is 79.3 Å². The van der Waals surface area contributed by atoms with Crippen LogP contribution < -0.4 is 0 Å². The molecule has 0 saturated carbocycles. The zero-order chi connectivity index (χ0) is 26.1. The Morgan fingerprint density at radius 1 is 1.09 bits per heavy atom. The van der Waals surface area contributed by atoms with Gasteiger partial charge in [-0.1, -0.05) is 19.1 Å². The zero-order valence-electron chi connectivity index (χ0n) is 19.8. The van der Waals surface area contributed by atoms with E-state index < -0.39 is 31.2 Å². The van der Waals surface area contributed by atoms with Crippen LogP contribution in [0.3, 0.4) is 0 Å². The summed E-state index contributed by atoms with van der Waals surface area (Å²) in [5, 5.41) is 0. The molecule has 2 saturated heterocycles. The normalized spacial score (nSPS) is 25.6. The van der Waals surface area contributed by atoms with Gasteiger partial charge in [-0.25, -0.2) is 9.18 Å². The molecule has 2 aliphatic heterocycles. The van der Waals surface area contributed by atoms with Gasteiger partial charge in [-0.05, 0) is 44.7 Å². The molecule has 0 N–H and O–H groups in total. The summed E-state index contributed by atoms with van der Waals surface area (Å²) >= 11 is 0. The Balaban J connectivity index is 1.62. The second-order valence-corrected chi connectivity index (χ2v) is 9.89. The van der Waals surface area contributed by atoms with Crippen LogP contribution in [0.4, 0.5) is 35.5 Å². The van der Waals surface area contributed by atoms with Crippen LogP contribution >= 0.6 is 0 Å². The Morgan fingerprint density at radius 2 is 1.71 bits per heavy atom. The Morgan fingerprint density at radius 3 is 2.29 bits per heavy atom. The number of carbonyl (C=O) groups excluding carboxylic acids is 1. The van der Waals surface area contributed by atoms with Crippen LogP contribution in [0.5, 0.6) is 0 Å². The molecule has 200 valence electrons. The number of ether oxygens (including phenoxy) is 2. The number of allylic oxidation sites excluding steroid dienone is 3. The lowest BCUT2D eigenvalue weighted by Gasteiger charge is -2.47. The number of nitrogens with zero attached hydrogens (tertiary/aromatic N) is 2. The van der Waals surface area contributed by atoms with Gasteiger partial charge in [-0.2, -0.15) is 26.3 Å². The molecule has 0 radical (unpaired) electrons. The number of rotatable bonds is 6. The van der Waals surface area contributed by atoms with E-state index in [0.29, 0.717) is 25.8 Å². The highest BCUT2D eigenvalue weighted by Gasteiger charge is 2.60. The average Bonchev–Trinajstić information content (AvgIpc) is 3.12. The molecule has 1 aliphatic carbocycles. The zero-order valence-corrected chi connectivity index (χ0v) is 19.8. The Bertz CT molecular complexity index is 818. The Labute approximate surface area is 199 Å². The van der Waals surface area contributed by atoms with E-state index in [-0.39, 0.29) is 30.7 Å². The fourth-order valence-electron chi connectivity index (χ4n) is 5.26. The van der Waals surface area contributed by atoms with Gasteiger partial charge in [0.2, 0.25) is 0 Å². The average molecular weight is 516 g/mol. The van der Waals surface area contributed by atoms with Gasteiger partial charge < -0.3 is 14.4 Å². The van der Waals surface area contributed by atoms with E-state index in [9.17, 15) is 35.5 Å². The Hall–Kier alpha value is -1.98. The van der Waals surface area contributed by atoms with Gasteiger partial charge in [0.1, 0.15) is 13.3 Å². The highest BCUT2D eigenvalue weighted by atomic mass is 19.4. The van der Waals surface area contributed by atoms with Crippen molar-refractivity contribution in [1.29, 1.82) is 0 Å². The van der Waals surface area contributed by atoms with E-state index in [1.807, 2.05) is 13.0 Å². The first-order valence-corrected chi connectivity index (χ1v) is 11.6. The highest BCUT2D eigenvalue weighted by molar-refractivity contribution is 5.68. The minimum Gasteiger partial charge on any atom is -0.495 e. The van der Waals surface area contributed by atoms with E-state index in [1.54, 1.807) is 0 Å². The number of amides is 1. The Kier molecular flexibility index (Phi) is 8.03. The minimum atomic E-state index is -5.74. The van der Waals surface area contributed by atoms with Gasteiger partial charge in [0.05, 0.1) is 5.76 Å². The first-order valence-electron chi connectivity index (χ1n) is 11.6. The van der Waals surface area contributed by atoms with Crippen molar-refractivity contribution < 1.29 is 45.0 Å². The van der Waals surface area contributed by atoms with Crippen molar-refractivity contribution in [2.45, 2.75) is 69.9 Å². The first-order chi connectivity index (χ1) is 16.2. The maximum absolute atomic E-state index is 12.8. The van der Waals surface area contributed by atoms with Crippen molar-refractivity contribution in [3.05, 3.63) is 23.5 Å². The second kappa shape index (κ2) is 10.2. The number of halogens is 7. The van der Waals surface area contributed by atoms with Gasteiger partial charge in [0.15, 0.2) is 0 Å². The summed E-state index contributed by atoms with van der Waals surface area (Å²) in [5.41, 5.74) is 0.359. The summed E-state index contributed by atoms with van der Waals surface area (Å²) < 4.78 is 98.6. The minimum absolute atomic E-state index is 0.00813. The molecular formula is C23H31F7N2O3. The van der Waals surface area contributed by atoms with Crippen LogP contribution in [0.1, 0.15) is 46.0 Å². The quantitative estimate of drug-likeness (QED) is 0.421. The largest absolute Gasteiger partial charge is 0.495 e. The maximum Gasteiger partial charge on any atom is 0.434 e. The molecule has 0 aromatic heterocycles. The molecule has 2 heterocycles.